The number of carboxylic acid groups (broad SMARTS) is 1. The summed E-state index contributed by atoms with van der Waals surface area (Å²) in [6.07, 6.45) is 1.85. The molecule has 0 saturated heterocycles. The minimum absolute atomic E-state index is 0.372. The molecule has 0 bridgehead atoms. The lowest BCUT2D eigenvalue weighted by Gasteiger charge is -2.15. The zero-order valence-corrected chi connectivity index (χ0v) is 16.1. The first kappa shape index (κ1) is 18.1. The Labute approximate surface area is 166 Å². The number of fused-ring (bicyclic) bond motifs is 1. The predicted octanol–water partition coefficient (Wildman–Crippen LogP) is 4.77. The van der Waals surface area contributed by atoms with E-state index in [-0.39, 0.29) is 0 Å². The van der Waals surface area contributed by atoms with E-state index in [1.54, 1.807) is 11.3 Å². The molecule has 0 aliphatic heterocycles. The maximum Gasteiger partial charge on any atom is 0.326 e. The van der Waals surface area contributed by atoms with Gasteiger partial charge in [0.1, 0.15) is 23.0 Å². The van der Waals surface area contributed by atoms with E-state index in [0.29, 0.717) is 12.2 Å². The number of carbonyl (C=O) groups is 1. The van der Waals surface area contributed by atoms with Gasteiger partial charge in [-0.05, 0) is 24.1 Å². The topological polar surface area (TPSA) is 75.1 Å². The van der Waals surface area contributed by atoms with Crippen LogP contribution in [0, 0.1) is 6.92 Å². The van der Waals surface area contributed by atoms with E-state index >= 15 is 0 Å². The summed E-state index contributed by atoms with van der Waals surface area (Å²) in [5.74, 6) is -0.368. The average molecular weight is 389 g/mol. The number of thiophene rings is 1. The minimum atomic E-state index is -0.912. The maximum atomic E-state index is 11.8. The second-order valence-electron chi connectivity index (χ2n) is 6.64. The molecule has 0 fully saturated rings. The molecule has 1 atom stereocenters. The van der Waals surface area contributed by atoms with E-state index in [4.69, 9.17) is 0 Å². The van der Waals surface area contributed by atoms with Crippen LogP contribution in [0.3, 0.4) is 0 Å². The van der Waals surface area contributed by atoms with Gasteiger partial charge in [0.05, 0.1) is 5.39 Å². The average Bonchev–Trinajstić information content (AvgIpc) is 3.14. The Kier molecular flexibility index (Phi) is 5.04. The highest BCUT2D eigenvalue weighted by Crippen LogP contribution is 2.35. The van der Waals surface area contributed by atoms with Crippen molar-refractivity contribution in [3.8, 4) is 10.4 Å². The first-order valence-corrected chi connectivity index (χ1v) is 9.76. The molecule has 0 amide bonds. The fraction of sp³-hybridized carbons (Fsp3) is 0.136. The largest absolute Gasteiger partial charge is 0.480 e. The van der Waals surface area contributed by atoms with Crippen molar-refractivity contribution in [1.82, 2.24) is 9.97 Å². The second-order valence-corrected chi connectivity index (χ2v) is 7.67. The van der Waals surface area contributed by atoms with Crippen molar-refractivity contribution < 1.29 is 9.90 Å². The Morgan fingerprint density at radius 1 is 1.11 bits per heavy atom. The predicted molar refractivity (Wildman–Crippen MR) is 113 cm³/mol. The van der Waals surface area contributed by atoms with Gasteiger partial charge in [-0.15, -0.1) is 11.3 Å². The Balaban J connectivity index is 1.65. The quantitative estimate of drug-likeness (QED) is 0.497. The fourth-order valence-corrected chi connectivity index (χ4v) is 4.05. The minimum Gasteiger partial charge on any atom is -0.480 e. The van der Waals surface area contributed by atoms with Crippen molar-refractivity contribution in [2.45, 2.75) is 19.4 Å². The zero-order chi connectivity index (χ0) is 19.5. The number of benzene rings is 2. The molecular weight excluding hydrogens is 370 g/mol. The smallest absolute Gasteiger partial charge is 0.326 e. The fourth-order valence-electron chi connectivity index (χ4n) is 3.05. The number of hydrogen-bond acceptors (Lipinski definition) is 5. The third-order valence-corrected chi connectivity index (χ3v) is 5.65. The van der Waals surface area contributed by atoms with Gasteiger partial charge < -0.3 is 10.4 Å². The number of aryl methyl sites for hydroxylation is 1. The number of aromatic nitrogens is 2. The van der Waals surface area contributed by atoms with Crippen LogP contribution in [0.25, 0.3) is 20.7 Å². The lowest BCUT2D eigenvalue weighted by atomic mass is 10.1. The number of nitrogens with one attached hydrogen (secondary N) is 1. The zero-order valence-electron chi connectivity index (χ0n) is 15.3. The summed E-state index contributed by atoms with van der Waals surface area (Å²) in [6, 6.07) is 19.1. The lowest BCUT2D eigenvalue weighted by molar-refractivity contribution is -0.137. The van der Waals surface area contributed by atoms with Crippen molar-refractivity contribution in [2.75, 3.05) is 5.32 Å². The summed E-state index contributed by atoms with van der Waals surface area (Å²) >= 11 is 1.57. The van der Waals surface area contributed by atoms with Gasteiger partial charge in [-0.25, -0.2) is 14.8 Å². The molecule has 140 valence electrons. The van der Waals surface area contributed by atoms with Crippen LogP contribution in [0.1, 0.15) is 11.1 Å². The van der Waals surface area contributed by atoms with E-state index in [2.05, 4.69) is 46.5 Å². The molecule has 2 aromatic heterocycles. The molecule has 2 aromatic carbocycles. The van der Waals surface area contributed by atoms with Gasteiger partial charge in [0.2, 0.25) is 0 Å². The third kappa shape index (κ3) is 3.87. The third-order valence-electron chi connectivity index (χ3n) is 4.56. The summed E-state index contributed by atoms with van der Waals surface area (Å²) in [4.78, 5) is 22.4. The molecule has 1 unspecified atom stereocenters. The molecule has 0 saturated carbocycles. The summed E-state index contributed by atoms with van der Waals surface area (Å²) in [5, 5.41) is 13.6. The van der Waals surface area contributed by atoms with E-state index < -0.39 is 12.0 Å². The molecule has 4 rings (SSSR count). The molecular formula is C22H19N3O2S. The van der Waals surface area contributed by atoms with Crippen LogP contribution >= 0.6 is 11.3 Å². The first-order chi connectivity index (χ1) is 13.6. The maximum absolute atomic E-state index is 11.8. The number of nitrogens with zero attached hydrogens (tertiary/aromatic N) is 2. The van der Waals surface area contributed by atoms with Crippen molar-refractivity contribution in [1.29, 1.82) is 0 Å². The SMILES string of the molecule is Cc1ccc(-c2cc3c(NC(Cc4ccccc4)C(=O)O)ncnc3s2)cc1. The van der Waals surface area contributed by atoms with Gasteiger partial charge in [0.15, 0.2) is 0 Å². The van der Waals surface area contributed by atoms with Gasteiger partial charge >= 0.3 is 5.97 Å². The highest BCUT2D eigenvalue weighted by atomic mass is 32.1. The molecule has 0 aliphatic carbocycles. The van der Waals surface area contributed by atoms with Crippen LogP contribution in [0.15, 0.2) is 67.0 Å². The van der Waals surface area contributed by atoms with Gasteiger partial charge in [-0.3, -0.25) is 0 Å². The Morgan fingerprint density at radius 3 is 2.57 bits per heavy atom. The summed E-state index contributed by atoms with van der Waals surface area (Å²) in [5.41, 5.74) is 3.27. The van der Waals surface area contributed by atoms with Crippen LogP contribution < -0.4 is 5.32 Å². The van der Waals surface area contributed by atoms with Gasteiger partial charge in [-0.2, -0.15) is 0 Å². The van der Waals surface area contributed by atoms with Crippen molar-refractivity contribution >= 4 is 33.3 Å². The highest BCUT2D eigenvalue weighted by molar-refractivity contribution is 7.21. The van der Waals surface area contributed by atoms with Gasteiger partial charge in [0, 0.05) is 11.3 Å². The number of aliphatic carboxylic acids is 1. The lowest BCUT2D eigenvalue weighted by Crippen LogP contribution is -2.32. The van der Waals surface area contributed by atoms with Gasteiger partial charge in [-0.1, -0.05) is 60.2 Å². The molecule has 0 radical (unpaired) electrons. The molecule has 5 nitrogen and oxygen atoms in total. The molecule has 2 heterocycles. The highest BCUT2D eigenvalue weighted by Gasteiger charge is 2.20. The number of anilines is 1. The Hall–Kier alpha value is -3.25. The molecule has 0 aliphatic rings. The summed E-state index contributed by atoms with van der Waals surface area (Å²) in [7, 11) is 0. The monoisotopic (exact) mass is 389 g/mol. The van der Waals surface area contributed by atoms with Crippen LogP contribution in [0.2, 0.25) is 0 Å². The molecule has 6 heteroatoms. The van der Waals surface area contributed by atoms with E-state index in [0.717, 1.165) is 26.2 Å². The molecule has 28 heavy (non-hydrogen) atoms. The second kappa shape index (κ2) is 7.78. The van der Waals surface area contributed by atoms with Crippen molar-refractivity contribution in [3.05, 3.63) is 78.1 Å². The van der Waals surface area contributed by atoms with E-state index in [1.165, 1.54) is 11.9 Å². The Bertz CT molecular complexity index is 1110. The molecule has 4 aromatic rings. The van der Waals surface area contributed by atoms with Crippen LogP contribution in [-0.4, -0.2) is 27.1 Å². The van der Waals surface area contributed by atoms with Gasteiger partial charge in [0.25, 0.3) is 0 Å². The Morgan fingerprint density at radius 2 is 1.86 bits per heavy atom. The number of hydrogen-bond donors (Lipinski definition) is 2. The van der Waals surface area contributed by atoms with Crippen LogP contribution in [-0.2, 0) is 11.2 Å². The van der Waals surface area contributed by atoms with E-state index in [1.807, 2.05) is 36.4 Å². The van der Waals surface area contributed by atoms with Crippen molar-refractivity contribution in [2.24, 2.45) is 0 Å². The first-order valence-electron chi connectivity index (χ1n) is 8.95. The molecule has 2 N–H and O–H groups in total. The number of rotatable bonds is 6. The van der Waals surface area contributed by atoms with Crippen LogP contribution in [0.5, 0.6) is 0 Å². The van der Waals surface area contributed by atoms with E-state index in [9.17, 15) is 9.90 Å². The van der Waals surface area contributed by atoms with Crippen molar-refractivity contribution in [3.63, 3.8) is 0 Å². The molecule has 0 spiro atoms. The number of carboxylic acids is 1. The summed E-state index contributed by atoms with van der Waals surface area (Å²) in [6.45, 7) is 2.06. The normalized spacial score (nSPS) is 12.0. The van der Waals surface area contributed by atoms with Crippen LogP contribution in [0.4, 0.5) is 5.82 Å². The summed E-state index contributed by atoms with van der Waals surface area (Å²) < 4.78 is 0. The standard InChI is InChI=1S/C22H19N3O2S/c1-14-7-9-16(10-8-14)19-12-17-20(23-13-24-21(17)28-19)25-18(22(26)27)11-15-5-3-2-4-6-15/h2-10,12-13,18H,11H2,1H3,(H,26,27)(H,23,24,25).